The number of nitrogens with zero attached hydrogens (tertiary/aromatic N) is 3. The fourth-order valence-corrected chi connectivity index (χ4v) is 3.01. The van der Waals surface area contributed by atoms with Crippen molar-refractivity contribution in [3.8, 4) is 6.07 Å². The van der Waals surface area contributed by atoms with Gasteiger partial charge in [0.25, 0.3) is 0 Å². The minimum atomic E-state index is -0.318. The van der Waals surface area contributed by atoms with E-state index >= 15 is 0 Å². The van der Waals surface area contributed by atoms with E-state index in [4.69, 9.17) is 5.26 Å². The van der Waals surface area contributed by atoms with E-state index in [1.165, 1.54) is 17.0 Å². The number of benzene rings is 2. The first kappa shape index (κ1) is 18.4. The molecule has 2 aromatic carbocycles. The average molecular weight is 361 g/mol. The standard InChI is InChI=1S/C22H20FN3O/c1-25(15-18-7-2-4-9-20(18)23)22(27)12-11-17-16-26(14-6-13-24)21-10-5-3-8-19(17)21/h2-5,7-12,16H,6,14-15H2,1H3. The Morgan fingerprint density at radius 2 is 1.96 bits per heavy atom. The largest absolute Gasteiger partial charge is 0.346 e. The zero-order valence-corrected chi connectivity index (χ0v) is 15.1. The summed E-state index contributed by atoms with van der Waals surface area (Å²) in [7, 11) is 1.65. The fourth-order valence-electron chi connectivity index (χ4n) is 3.01. The number of nitriles is 1. The minimum Gasteiger partial charge on any atom is -0.346 e. The highest BCUT2D eigenvalue weighted by atomic mass is 19.1. The van der Waals surface area contributed by atoms with Crippen LogP contribution in [-0.2, 0) is 17.9 Å². The van der Waals surface area contributed by atoms with E-state index in [1.54, 1.807) is 31.3 Å². The highest BCUT2D eigenvalue weighted by molar-refractivity contribution is 5.96. The quantitative estimate of drug-likeness (QED) is 0.612. The van der Waals surface area contributed by atoms with Gasteiger partial charge in [-0.25, -0.2) is 4.39 Å². The summed E-state index contributed by atoms with van der Waals surface area (Å²) < 4.78 is 15.8. The van der Waals surface area contributed by atoms with Crippen molar-refractivity contribution in [2.24, 2.45) is 0 Å². The van der Waals surface area contributed by atoms with Gasteiger partial charge in [0.1, 0.15) is 5.82 Å². The van der Waals surface area contributed by atoms with Crippen LogP contribution in [0.15, 0.2) is 60.8 Å². The van der Waals surface area contributed by atoms with Crippen LogP contribution in [0.5, 0.6) is 0 Å². The van der Waals surface area contributed by atoms with Gasteiger partial charge in [0.05, 0.1) is 12.5 Å². The van der Waals surface area contributed by atoms with Crippen LogP contribution in [0.2, 0.25) is 0 Å². The first-order chi connectivity index (χ1) is 13.1. The lowest BCUT2D eigenvalue weighted by atomic mass is 10.1. The lowest BCUT2D eigenvalue weighted by Crippen LogP contribution is -2.24. The normalized spacial score (nSPS) is 11.0. The molecule has 0 aliphatic carbocycles. The Labute approximate surface area is 157 Å². The van der Waals surface area contributed by atoms with Gasteiger partial charge in [0, 0.05) is 54.4 Å². The third-order valence-corrected chi connectivity index (χ3v) is 4.43. The SMILES string of the molecule is CN(Cc1ccccc1F)C(=O)C=Cc1cn(CCC#N)c2ccccc12. The molecule has 3 rings (SSSR count). The molecule has 0 saturated carbocycles. The Morgan fingerprint density at radius 3 is 2.74 bits per heavy atom. The molecule has 0 fully saturated rings. The number of rotatable bonds is 6. The number of para-hydroxylation sites is 1. The molecule has 0 aliphatic rings. The number of hydrogen-bond acceptors (Lipinski definition) is 2. The molecule has 3 aromatic rings. The molecular formula is C22H20FN3O. The second-order valence-electron chi connectivity index (χ2n) is 6.32. The van der Waals surface area contributed by atoms with Crippen molar-refractivity contribution in [2.75, 3.05) is 7.05 Å². The van der Waals surface area contributed by atoms with Crippen molar-refractivity contribution in [3.05, 3.63) is 77.7 Å². The van der Waals surface area contributed by atoms with Gasteiger partial charge in [-0.1, -0.05) is 36.4 Å². The highest BCUT2D eigenvalue weighted by Gasteiger charge is 2.10. The van der Waals surface area contributed by atoms with Gasteiger partial charge < -0.3 is 9.47 Å². The highest BCUT2D eigenvalue weighted by Crippen LogP contribution is 2.23. The van der Waals surface area contributed by atoms with Crippen LogP contribution in [0.3, 0.4) is 0 Å². The third-order valence-electron chi connectivity index (χ3n) is 4.43. The maximum atomic E-state index is 13.8. The maximum Gasteiger partial charge on any atom is 0.246 e. The van der Waals surface area contributed by atoms with Crippen molar-refractivity contribution in [2.45, 2.75) is 19.5 Å². The molecule has 0 aliphatic heterocycles. The molecule has 0 spiro atoms. The molecule has 0 saturated heterocycles. The van der Waals surface area contributed by atoms with E-state index in [0.29, 0.717) is 18.5 Å². The number of aromatic nitrogens is 1. The van der Waals surface area contributed by atoms with Crippen molar-refractivity contribution in [1.82, 2.24) is 9.47 Å². The topological polar surface area (TPSA) is 49.0 Å². The molecule has 0 bridgehead atoms. The number of carbonyl (C=O) groups excluding carboxylic acids is 1. The third kappa shape index (κ3) is 4.24. The Kier molecular flexibility index (Phi) is 5.68. The summed E-state index contributed by atoms with van der Waals surface area (Å²) in [5.74, 6) is -0.520. The lowest BCUT2D eigenvalue weighted by molar-refractivity contribution is -0.125. The van der Waals surface area contributed by atoms with Crippen LogP contribution in [0.1, 0.15) is 17.5 Å². The molecule has 1 amide bonds. The van der Waals surface area contributed by atoms with E-state index < -0.39 is 0 Å². The van der Waals surface area contributed by atoms with Crippen LogP contribution in [0.4, 0.5) is 4.39 Å². The number of halogens is 1. The number of hydrogen-bond donors (Lipinski definition) is 0. The van der Waals surface area contributed by atoms with Crippen LogP contribution < -0.4 is 0 Å². The van der Waals surface area contributed by atoms with Gasteiger partial charge in [-0.15, -0.1) is 0 Å². The van der Waals surface area contributed by atoms with E-state index in [0.717, 1.165) is 16.5 Å². The summed E-state index contributed by atoms with van der Waals surface area (Å²) in [4.78, 5) is 13.9. The minimum absolute atomic E-state index is 0.202. The van der Waals surface area contributed by atoms with Crippen LogP contribution in [0.25, 0.3) is 17.0 Å². The zero-order valence-electron chi connectivity index (χ0n) is 15.1. The average Bonchev–Trinajstić information content (AvgIpc) is 3.04. The molecule has 0 atom stereocenters. The van der Waals surface area contributed by atoms with E-state index in [-0.39, 0.29) is 18.3 Å². The molecule has 136 valence electrons. The first-order valence-corrected chi connectivity index (χ1v) is 8.71. The van der Waals surface area contributed by atoms with Gasteiger partial charge in [0.2, 0.25) is 5.91 Å². The molecule has 0 radical (unpaired) electrons. The predicted molar refractivity (Wildman–Crippen MR) is 104 cm³/mol. The summed E-state index contributed by atoms with van der Waals surface area (Å²) in [5.41, 5.74) is 2.42. The van der Waals surface area contributed by atoms with E-state index in [1.807, 2.05) is 35.0 Å². The summed E-state index contributed by atoms with van der Waals surface area (Å²) >= 11 is 0. The number of amides is 1. The summed E-state index contributed by atoms with van der Waals surface area (Å²) in [6, 6.07) is 16.5. The van der Waals surface area contributed by atoms with Crippen molar-refractivity contribution in [3.63, 3.8) is 0 Å². The molecule has 0 unspecified atom stereocenters. The number of fused-ring (bicyclic) bond motifs is 1. The lowest BCUT2D eigenvalue weighted by Gasteiger charge is -2.15. The summed E-state index contributed by atoms with van der Waals surface area (Å²) in [6.07, 6.45) is 5.64. The summed E-state index contributed by atoms with van der Waals surface area (Å²) in [6.45, 7) is 0.811. The van der Waals surface area contributed by atoms with Crippen LogP contribution in [0, 0.1) is 17.1 Å². The van der Waals surface area contributed by atoms with Gasteiger partial charge in [-0.05, 0) is 18.2 Å². The Hall–Kier alpha value is -3.39. The summed E-state index contributed by atoms with van der Waals surface area (Å²) in [5, 5.41) is 9.85. The predicted octanol–water partition coefficient (Wildman–Crippen LogP) is 4.37. The molecule has 27 heavy (non-hydrogen) atoms. The van der Waals surface area contributed by atoms with Gasteiger partial charge >= 0.3 is 0 Å². The second kappa shape index (κ2) is 8.33. The van der Waals surface area contributed by atoms with Crippen LogP contribution >= 0.6 is 0 Å². The maximum absolute atomic E-state index is 13.8. The first-order valence-electron chi connectivity index (χ1n) is 8.71. The zero-order chi connectivity index (χ0) is 19.2. The molecular weight excluding hydrogens is 341 g/mol. The molecule has 1 heterocycles. The van der Waals surface area contributed by atoms with Gasteiger partial charge in [0.15, 0.2) is 0 Å². The van der Waals surface area contributed by atoms with E-state index in [9.17, 15) is 9.18 Å². The molecule has 0 N–H and O–H groups in total. The Balaban J connectivity index is 1.78. The van der Waals surface area contributed by atoms with Gasteiger partial charge in [-0.2, -0.15) is 5.26 Å². The number of likely N-dealkylation sites (N-methyl/N-ethyl adjacent to an activating group) is 1. The fraction of sp³-hybridized carbons (Fsp3) is 0.182. The monoisotopic (exact) mass is 361 g/mol. The Morgan fingerprint density at radius 1 is 1.22 bits per heavy atom. The molecule has 1 aromatic heterocycles. The number of carbonyl (C=O) groups is 1. The van der Waals surface area contributed by atoms with Gasteiger partial charge in [-0.3, -0.25) is 4.79 Å². The smallest absolute Gasteiger partial charge is 0.246 e. The van der Waals surface area contributed by atoms with Crippen molar-refractivity contribution in [1.29, 1.82) is 5.26 Å². The van der Waals surface area contributed by atoms with Crippen LogP contribution in [-0.4, -0.2) is 22.4 Å². The van der Waals surface area contributed by atoms with Crippen molar-refractivity contribution < 1.29 is 9.18 Å². The van der Waals surface area contributed by atoms with Crippen molar-refractivity contribution >= 4 is 22.9 Å². The second-order valence-corrected chi connectivity index (χ2v) is 6.32. The molecule has 5 heteroatoms. The number of aryl methyl sites for hydroxylation is 1. The Bertz CT molecular complexity index is 1030. The molecule has 4 nitrogen and oxygen atoms in total. The van der Waals surface area contributed by atoms with E-state index in [2.05, 4.69) is 6.07 Å².